The van der Waals surface area contributed by atoms with Crippen molar-refractivity contribution in [3.05, 3.63) is 46.5 Å². The van der Waals surface area contributed by atoms with Crippen LogP contribution >= 0.6 is 0 Å². The number of nitrogens with zero attached hydrogens (tertiary/aromatic N) is 2. The third kappa shape index (κ3) is 3.49. The first kappa shape index (κ1) is 18.2. The van der Waals surface area contributed by atoms with Crippen molar-refractivity contribution in [3.63, 3.8) is 0 Å². The van der Waals surface area contributed by atoms with Crippen molar-refractivity contribution in [2.75, 3.05) is 5.32 Å². The lowest BCUT2D eigenvalue weighted by Crippen LogP contribution is -2.31. The maximum Gasteiger partial charge on any atom is 0.291 e. The number of anilines is 1. The van der Waals surface area contributed by atoms with E-state index in [2.05, 4.69) is 15.6 Å². The number of amides is 2. The maximum absolute atomic E-state index is 12.9. The monoisotopic (exact) mass is 354 g/mol. The summed E-state index contributed by atoms with van der Waals surface area (Å²) >= 11 is 0. The zero-order chi connectivity index (χ0) is 18.8. The second kappa shape index (κ2) is 7.32. The Hall–Kier alpha value is -2.63. The van der Waals surface area contributed by atoms with Crippen LogP contribution in [0.5, 0.6) is 0 Å². The minimum absolute atomic E-state index is 0.0238. The average molecular weight is 354 g/mol. The Kier molecular flexibility index (Phi) is 5.11. The molecule has 1 aliphatic rings. The number of carbonyl (C=O) groups is 2. The summed E-state index contributed by atoms with van der Waals surface area (Å²) in [5, 5.41) is 5.84. The molecule has 0 fully saturated rings. The highest BCUT2D eigenvalue weighted by Gasteiger charge is 2.27. The van der Waals surface area contributed by atoms with E-state index in [1.54, 1.807) is 0 Å². The van der Waals surface area contributed by atoms with Crippen LogP contribution in [0.4, 0.5) is 5.69 Å². The fourth-order valence-electron chi connectivity index (χ4n) is 3.29. The van der Waals surface area contributed by atoms with Gasteiger partial charge in [0.05, 0.1) is 5.69 Å². The highest BCUT2D eigenvalue weighted by molar-refractivity contribution is 6.04. The highest BCUT2D eigenvalue weighted by Crippen LogP contribution is 2.23. The van der Waals surface area contributed by atoms with E-state index in [0.717, 1.165) is 41.8 Å². The first-order valence-electron chi connectivity index (χ1n) is 9.16. The number of aryl methyl sites for hydroxylation is 1. The number of imidazole rings is 1. The molecular weight excluding hydrogens is 328 g/mol. The average Bonchev–Trinajstić information content (AvgIpc) is 2.98. The van der Waals surface area contributed by atoms with E-state index in [0.29, 0.717) is 18.1 Å². The van der Waals surface area contributed by atoms with Crippen molar-refractivity contribution in [1.29, 1.82) is 0 Å². The van der Waals surface area contributed by atoms with Crippen LogP contribution in [0.25, 0.3) is 0 Å². The van der Waals surface area contributed by atoms with Gasteiger partial charge in [-0.1, -0.05) is 12.1 Å². The third-order valence-electron chi connectivity index (χ3n) is 4.81. The van der Waals surface area contributed by atoms with Crippen LogP contribution in [0.3, 0.4) is 0 Å². The molecule has 0 spiro atoms. The second-order valence-electron chi connectivity index (χ2n) is 7.17. The van der Waals surface area contributed by atoms with Crippen molar-refractivity contribution >= 4 is 17.5 Å². The largest absolute Gasteiger partial charge is 0.348 e. The van der Waals surface area contributed by atoms with E-state index in [4.69, 9.17) is 0 Å². The molecule has 1 aliphatic heterocycles. The smallest absolute Gasteiger partial charge is 0.291 e. The van der Waals surface area contributed by atoms with Gasteiger partial charge in [-0.25, -0.2) is 4.98 Å². The molecule has 0 saturated heterocycles. The fraction of sp³-hybridized carbons (Fsp3) is 0.450. The lowest BCUT2D eigenvalue weighted by atomic mass is 10.1. The summed E-state index contributed by atoms with van der Waals surface area (Å²) in [4.78, 5) is 29.8. The molecule has 2 aromatic rings. The van der Waals surface area contributed by atoms with Crippen LogP contribution in [0, 0.1) is 13.8 Å². The molecule has 0 aliphatic carbocycles. The molecule has 2 amide bonds. The quantitative estimate of drug-likeness (QED) is 0.885. The first-order chi connectivity index (χ1) is 12.4. The summed E-state index contributed by atoms with van der Waals surface area (Å²) in [6, 6.07) is 5.83. The van der Waals surface area contributed by atoms with Gasteiger partial charge in [-0.3, -0.25) is 9.59 Å². The summed E-state index contributed by atoms with van der Waals surface area (Å²) in [6.45, 7) is 8.53. The summed E-state index contributed by atoms with van der Waals surface area (Å²) < 4.78 is 1.90. The molecule has 26 heavy (non-hydrogen) atoms. The minimum Gasteiger partial charge on any atom is -0.348 e. The van der Waals surface area contributed by atoms with Crippen molar-refractivity contribution in [3.8, 4) is 0 Å². The molecule has 0 saturated carbocycles. The Bertz CT molecular complexity index is 852. The number of hydrogen-bond acceptors (Lipinski definition) is 3. The van der Waals surface area contributed by atoms with Crippen LogP contribution in [-0.4, -0.2) is 27.4 Å². The Morgan fingerprint density at radius 2 is 1.92 bits per heavy atom. The highest BCUT2D eigenvalue weighted by atomic mass is 16.2. The van der Waals surface area contributed by atoms with Crippen LogP contribution in [-0.2, 0) is 13.0 Å². The Morgan fingerprint density at radius 1 is 1.15 bits per heavy atom. The van der Waals surface area contributed by atoms with Gasteiger partial charge in [0.25, 0.3) is 11.8 Å². The summed E-state index contributed by atoms with van der Waals surface area (Å²) in [5.74, 6) is -0.170. The summed E-state index contributed by atoms with van der Waals surface area (Å²) in [5.41, 5.74) is 4.16. The van der Waals surface area contributed by atoms with Crippen LogP contribution in [0.1, 0.15) is 64.6 Å². The van der Waals surface area contributed by atoms with Crippen molar-refractivity contribution in [2.45, 2.75) is 59.5 Å². The SMILES string of the molecule is Cc1cccc(NC(=O)c2nc(C(=O)NC(C)C)c3n2CCCC3)c1C. The van der Waals surface area contributed by atoms with Gasteiger partial charge >= 0.3 is 0 Å². The van der Waals surface area contributed by atoms with E-state index < -0.39 is 0 Å². The van der Waals surface area contributed by atoms with Gasteiger partial charge in [-0.05, 0) is 64.2 Å². The topological polar surface area (TPSA) is 76.0 Å². The first-order valence-corrected chi connectivity index (χ1v) is 9.16. The molecule has 1 aromatic heterocycles. The molecule has 6 nitrogen and oxygen atoms in total. The van der Waals surface area contributed by atoms with E-state index in [1.165, 1.54) is 0 Å². The number of aromatic nitrogens is 2. The molecule has 0 bridgehead atoms. The van der Waals surface area contributed by atoms with Gasteiger partial charge in [0.1, 0.15) is 5.69 Å². The standard InChI is InChI=1S/C20H26N4O2/c1-12(2)21-19(25)17-16-10-5-6-11-24(16)18(23-17)20(26)22-15-9-7-8-13(3)14(15)4/h7-9,12H,5-6,10-11H2,1-4H3,(H,21,25)(H,22,26). The third-order valence-corrected chi connectivity index (χ3v) is 4.81. The Labute approximate surface area is 154 Å². The number of fused-ring (bicyclic) bond motifs is 1. The second-order valence-corrected chi connectivity index (χ2v) is 7.17. The zero-order valence-corrected chi connectivity index (χ0v) is 15.8. The minimum atomic E-state index is -0.273. The van der Waals surface area contributed by atoms with Crippen LogP contribution < -0.4 is 10.6 Å². The normalized spacial score (nSPS) is 13.4. The molecule has 0 atom stereocenters. The molecule has 0 radical (unpaired) electrons. The Morgan fingerprint density at radius 3 is 2.65 bits per heavy atom. The molecule has 138 valence electrons. The number of nitrogens with one attached hydrogen (secondary N) is 2. The van der Waals surface area contributed by atoms with E-state index in [1.807, 2.05) is 50.5 Å². The Balaban J connectivity index is 1.94. The van der Waals surface area contributed by atoms with Gasteiger partial charge in [0, 0.05) is 18.3 Å². The molecule has 6 heteroatoms. The molecule has 2 N–H and O–H groups in total. The predicted molar refractivity (Wildman–Crippen MR) is 102 cm³/mol. The van der Waals surface area contributed by atoms with Gasteiger partial charge in [0.15, 0.2) is 5.82 Å². The van der Waals surface area contributed by atoms with Crippen molar-refractivity contribution in [1.82, 2.24) is 14.9 Å². The molecule has 0 unspecified atom stereocenters. The lowest BCUT2D eigenvalue weighted by Gasteiger charge is -2.17. The fourth-order valence-corrected chi connectivity index (χ4v) is 3.29. The van der Waals surface area contributed by atoms with Gasteiger partial charge in [-0.2, -0.15) is 0 Å². The number of rotatable bonds is 4. The molecular formula is C20H26N4O2. The van der Waals surface area contributed by atoms with E-state index in [-0.39, 0.29) is 17.9 Å². The summed E-state index contributed by atoms with van der Waals surface area (Å²) in [7, 11) is 0. The van der Waals surface area contributed by atoms with E-state index >= 15 is 0 Å². The molecule has 3 rings (SSSR count). The van der Waals surface area contributed by atoms with E-state index in [9.17, 15) is 9.59 Å². The zero-order valence-electron chi connectivity index (χ0n) is 15.8. The maximum atomic E-state index is 12.9. The predicted octanol–water partition coefficient (Wildman–Crippen LogP) is 3.23. The van der Waals surface area contributed by atoms with Gasteiger partial charge < -0.3 is 15.2 Å². The summed E-state index contributed by atoms with van der Waals surface area (Å²) in [6.07, 6.45) is 2.76. The number of carbonyl (C=O) groups excluding carboxylic acids is 2. The van der Waals surface area contributed by atoms with Crippen LogP contribution in [0.2, 0.25) is 0 Å². The van der Waals surface area contributed by atoms with Crippen molar-refractivity contribution in [2.24, 2.45) is 0 Å². The molecule has 1 aromatic carbocycles. The van der Waals surface area contributed by atoms with Gasteiger partial charge in [0.2, 0.25) is 0 Å². The number of hydrogen-bond donors (Lipinski definition) is 2. The lowest BCUT2D eigenvalue weighted by molar-refractivity contribution is 0.0937. The van der Waals surface area contributed by atoms with Crippen molar-refractivity contribution < 1.29 is 9.59 Å². The van der Waals surface area contributed by atoms with Crippen LogP contribution in [0.15, 0.2) is 18.2 Å². The van der Waals surface area contributed by atoms with Gasteiger partial charge in [-0.15, -0.1) is 0 Å². The number of benzene rings is 1. The molecule has 2 heterocycles.